The van der Waals surface area contributed by atoms with Gasteiger partial charge in [-0.05, 0) is 47.2 Å². The van der Waals surface area contributed by atoms with E-state index in [9.17, 15) is 0 Å². The van der Waals surface area contributed by atoms with Crippen molar-refractivity contribution in [2.75, 3.05) is 26.0 Å². The Labute approximate surface area is 114 Å². The molecule has 5 heteroatoms. The van der Waals surface area contributed by atoms with Crippen molar-refractivity contribution in [2.45, 2.75) is 38.6 Å². The lowest BCUT2D eigenvalue weighted by Gasteiger charge is -2.47. The Hall–Kier alpha value is -0.870. The van der Waals surface area contributed by atoms with Crippen LogP contribution in [0.3, 0.4) is 0 Å². The van der Waals surface area contributed by atoms with Gasteiger partial charge in [-0.15, -0.1) is 0 Å². The highest BCUT2D eigenvalue weighted by Gasteiger charge is 2.38. The van der Waals surface area contributed by atoms with Gasteiger partial charge in [0.05, 0.1) is 11.4 Å². The predicted molar refractivity (Wildman–Crippen MR) is 75.3 cm³/mol. The number of aryl methyl sites for hydroxylation is 2. The van der Waals surface area contributed by atoms with Crippen molar-refractivity contribution in [3.8, 4) is 0 Å². The summed E-state index contributed by atoms with van der Waals surface area (Å²) in [6.45, 7) is 4.75. The number of hydrogen-bond acceptors (Lipinski definition) is 4. The van der Waals surface area contributed by atoms with Gasteiger partial charge in [0.25, 0.3) is 0 Å². The monoisotopic (exact) mass is 268 g/mol. The molecule has 0 radical (unpaired) electrons. The van der Waals surface area contributed by atoms with E-state index in [0.29, 0.717) is 11.0 Å². The molecule has 4 nitrogen and oxygen atoms in total. The first-order valence-corrected chi connectivity index (χ1v) is 6.74. The number of nitrogens with zero attached hydrogens (tertiary/aromatic N) is 3. The molecule has 0 saturated heterocycles. The summed E-state index contributed by atoms with van der Waals surface area (Å²) < 4.78 is 0. The Kier molecular flexibility index (Phi) is 3.78. The van der Waals surface area contributed by atoms with Crippen molar-refractivity contribution in [3.05, 3.63) is 16.5 Å². The van der Waals surface area contributed by atoms with Crippen molar-refractivity contribution in [1.29, 1.82) is 0 Å². The molecule has 1 fully saturated rings. The van der Waals surface area contributed by atoms with Crippen LogP contribution in [0.4, 0.5) is 5.82 Å². The number of rotatable bonds is 4. The Balaban J connectivity index is 2.08. The molecule has 0 spiro atoms. The van der Waals surface area contributed by atoms with E-state index in [1.165, 1.54) is 19.3 Å². The largest absolute Gasteiger partial charge is 0.366 e. The minimum absolute atomic E-state index is 0.254. The molecule has 2 rings (SSSR count). The molecule has 0 aliphatic heterocycles. The normalized spacial score (nSPS) is 17.7. The van der Waals surface area contributed by atoms with Crippen LogP contribution in [0, 0.1) is 13.8 Å². The second-order valence-electron chi connectivity index (χ2n) is 5.36. The SMILES string of the molecule is Cc1nc(Cl)c(NCC2(N(C)C)CCC2)nc1C. The third-order valence-corrected chi connectivity index (χ3v) is 4.35. The molecule has 1 heterocycles. The smallest absolute Gasteiger partial charge is 0.171 e. The van der Waals surface area contributed by atoms with Crippen molar-refractivity contribution in [2.24, 2.45) is 0 Å². The second kappa shape index (κ2) is 5.02. The van der Waals surface area contributed by atoms with Gasteiger partial charge in [-0.25, -0.2) is 9.97 Å². The zero-order valence-electron chi connectivity index (χ0n) is 11.5. The first-order chi connectivity index (χ1) is 8.44. The summed E-state index contributed by atoms with van der Waals surface area (Å²) in [5.74, 6) is 0.702. The molecule has 0 unspecified atom stereocenters. The minimum Gasteiger partial charge on any atom is -0.366 e. The van der Waals surface area contributed by atoms with Gasteiger partial charge >= 0.3 is 0 Å². The third-order valence-electron chi connectivity index (χ3n) is 4.08. The molecule has 0 atom stereocenters. The fraction of sp³-hybridized carbons (Fsp3) is 0.692. The lowest BCUT2D eigenvalue weighted by Crippen LogP contribution is -2.54. The molecule has 100 valence electrons. The van der Waals surface area contributed by atoms with Crippen LogP contribution in [0.2, 0.25) is 5.15 Å². The van der Waals surface area contributed by atoms with Crippen molar-refractivity contribution >= 4 is 17.4 Å². The zero-order valence-corrected chi connectivity index (χ0v) is 12.3. The number of halogens is 1. The Morgan fingerprint density at radius 1 is 1.22 bits per heavy atom. The number of nitrogens with one attached hydrogen (secondary N) is 1. The maximum absolute atomic E-state index is 6.12. The van der Waals surface area contributed by atoms with Gasteiger partial charge in [-0.1, -0.05) is 11.6 Å². The van der Waals surface area contributed by atoms with E-state index in [0.717, 1.165) is 17.9 Å². The van der Waals surface area contributed by atoms with Gasteiger partial charge in [-0.3, -0.25) is 0 Å². The highest BCUT2D eigenvalue weighted by molar-refractivity contribution is 6.31. The average Bonchev–Trinajstić information content (AvgIpc) is 2.23. The molecule has 1 aromatic rings. The summed E-state index contributed by atoms with van der Waals surface area (Å²) in [4.78, 5) is 11.1. The van der Waals surface area contributed by atoms with E-state index >= 15 is 0 Å². The van der Waals surface area contributed by atoms with Crippen LogP contribution in [-0.2, 0) is 0 Å². The molecular weight excluding hydrogens is 248 g/mol. The van der Waals surface area contributed by atoms with E-state index in [2.05, 4.69) is 34.3 Å². The standard InChI is InChI=1S/C13H21ClN4/c1-9-10(2)17-12(11(14)16-9)15-8-13(18(3)4)6-5-7-13/h5-8H2,1-4H3,(H,15,17). The summed E-state index contributed by atoms with van der Waals surface area (Å²) in [5.41, 5.74) is 2.06. The van der Waals surface area contributed by atoms with Gasteiger partial charge in [0.2, 0.25) is 0 Å². The molecule has 1 aliphatic carbocycles. The summed E-state index contributed by atoms with van der Waals surface area (Å²) in [6.07, 6.45) is 3.75. The zero-order chi connectivity index (χ0) is 13.3. The molecule has 1 aliphatic rings. The molecule has 0 aromatic carbocycles. The molecule has 18 heavy (non-hydrogen) atoms. The predicted octanol–water partition coefficient (Wildman–Crippen LogP) is 2.64. The van der Waals surface area contributed by atoms with E-state index in [1.807, 2.05) is 13.8 Å². The fourth-order valence-electron chi connectivity index (χ4n) is 2.30. The van der Waals surface area contributed by atoms with Crippen molar-refractivity contribution in [3.63, 3.8) is 0 Å². The van der Waals surface area contributed by atoms with Crippen LogP contribution in [0.15, 0.2) is 0 Å². The molecule has 0 amide bonds. The van der Waals surface area contributed by atoms with E-state index < -0.39 is 0 Å². The maximum atomic E-state index is 6.12. The second-order valence-corrected chi connectivity index (χ2v) is 5.72. The van der Waals surface area contributed by atoms with Crippen LogP contribution >= 0.6 is 11.6 Å². The topological polar surface area (TPSA) is 41.1 Å². The Morgan fingerprint density at radius 3 is 2.33 bits per heavy atom. The van der Waals surface area contributed by atoms with E-state index in [-0.39, 0.29) is 5.54 Å². The van der Waals surface area contributed by atoms with Gasteiger partial charge in [-0.2, -0.15) is 0 Å². The highest BCUT2D eigenvalue weighted by atomic mass is 35.5. The van der Waals surface area contributed by atoms with Gasteiger partial charge in [0.15, 0.2) is 11.0 Å². The van der Waals surface area contributed by atoms with Gasteiger partial charge < -0.3 is 10.2 Å². The van der Waals surface area contributed by atoms with Crippen molar-refractivity contribution in [1.82, 2.24) is 14.9 Å². The van der Waals surface area contributed by atoms with E-state index in [1.54, 1.807) is 0 Å². The van der Waals surface area contributed by atoms with Crippen LogP contribution in [0.5, 0.6) is 0 Å². The van der Waals surface area contributed by atoms with Crippen LogP contribution < -0.4 is 5.32 Å². The minimum atomic E-state index is 0.254. The van der Waals surface area contributed by atoms with Crippen LogP contribution in [0.25, 0.3) is 0 Å². The lowest BCUT2D eigenvalue weighted by atomic mass is 9.75. The first-order valence-electron chi connectivity index (χ1n) is 6.37. The number of aromatic nitrogens is 2. The Morgan fingerprint density at radius 2 is 1.83 bits per heavy atom. The van der Waals surface area contributed by atoms with Crippen LogP contribution in [-0.4, -0.2) is 41.0 Å². The van der Waals surface area contributed by atoms with Crippen molar-refractivity contribution < 1.29 is 0 Å². The maximum Gasteiger partial charge on any atom is 0.171 e. The summed E-state index contributed by atoms with van der Waals surface area (Å²) in [6, 6.07) is 0. The number of hydrogen-bond donors (Lipinski definition) is 1. The van der Waals surface area contributed by atoms with E-state index in [4.69, 9.17) is 11.6 Å². The van der Waals surface area contributed by atoms with Crippen LogP contribution in [0.1, 0.15) is 30.7 Å². The molecule has 0 bridgehead atoms. The number of likely N-dealkylation sites (N-methyl/N-ethyl adjacent to an activating group) is 1. The summed E-state index contributed by atoms with van der Waals surface area (Å²) in [5, 5.41) is 3.82. The summed E-state index contributed by atoms with van der Waals surface area (Å²) >= 11 is 6.12. The van der Waals surface area contributed by atoms with Gasteiger partial charge in [0, 0.05) is 12.1 Å². The molecular formula is C13H21ClN4. The quantitative estimate of drug-likeness (QED) is 0.912. The highest BCUT2D eigenvalue weighted by Crippen LogP contribution is 2.36. The third kappa shape index (κ3) is 2.45. The lowest BCUT2D eigenvalue weighted by molar-refractivity contribution is 0.0738. The molecule has 1 N–H and O–H groups in total. The first kappa shape index (κ1) is 13.6. The molecule has 1 aromatic heterocycles. The Bertz CT molecular complexity index is 441. The number of anilines is 1. The molecule has 1 saturated carbocycles. The van der Waals surface area contributed by atoms with Gasteiger partial charge in [0.1, 0.15) is 0 Å². The fourth-order valence-corrected chi connectivity index (χ4v) is 2.54. The summed E-state index contributed by atoms with van der Waals surface area (Å²) in [7, 11) is 4.27. The average molecular weight is 269 g/mol.